The van der Waals surface area contributed by atoms with Crippen LogP contribution in [0.3, 0.4) is 0 Å². The summed E-state index contributed by atoms with van der Waals surface area (Å²) in [5, 5.41) is 10.2. The normalized spacial score (nSPS) is 24.8. The van der Waals surface area contributed by atoms with Crippen LogP contribution in [0.15, 0.2) is 0 Å². The topological polar surface area (TPSA) is 69.6 Å². The zero-order valence-electron chi connectivity index (χ0n) is 6.69. The van der Waals surface area contributed by atoms with Crippen LogP contribution < -0.4 is 5.43 Å². The van der Waals surface area contributed by atoms with Crippen molar-refractivity contribution >= 4 is 12.4 Å². The third-order valence-electron chi connectivity index (χ3n) is 2.01. The molecular formula is C7H12N2O3. The first-order valence-electron chi connectivity index (χ1n) is 3.95. The lowest BCUT2D eigenvalue weighted by molar-refractivity contribution is -0.146. The van der Waals surface area contributed by atoms with Gasteiger partial charge in [0, 0.05) is 6.54 Å². The number of hydrogen-bond donors (Lipinski definition) is 2. The predicted molar refractivity (Wildman–Crippen MR) is 41.2 cm³/mol. The van der Waals surface area contributed by atoms with Gasteiger partial charge in [-0.1, -0.05) is 0 Å². The highest BCUT2D eigenvalue weighted by atomic mass is 16.4. The summed E-state index contributed by atoms with van der Waals surface area (Å²) in [6.07, 6.45) is 2.97. The Morgan fingerprint density at radius 1 is 1.58 bits per heavy atom. The van der Waals surface area contributed by atoms with E-state index in [2.05, 4.69) is 5.43 Å². The number of carboxylic acid groups (broad SMARTS) is 1. The fraction of sp³-hybridized carbons (Fsp3) is 0.714. The molecule has 0 aromatic carbocycles. The number of nitrogens with one attached hydrogen (secondary N) is 1. The van der Waals surface area contributed by atoms with Crippen molar-refractivity contribution in [2.24, 2.45) is 0 Å². The van der Waals surface area contributed by atoms with Gasteiger partial charge in [-0.05, 0) is 19.3 Å². The lowest BCUT2D eigenvalue weighted by Crippen LogP contribution is -2.51. The van der Waals surface area contributed by atoms with Crippen LogP contribution in [-0.4, -0.2) is 35.1 Å². The second kappa shape index (κ2) is 4.06. The number of amides is 1. The molecule has 68 valence electrons. The van der Waals surface area contributed by atoms with Crippen molar-refractivity contribution in [2.45, 2.75) is 25.3 Å². The fourth-order valence-corrected chi connectivity index (χ4v) is 1.41. The standard InChI is InChI=1S/C7H12N2O3/c10-5-8-9-4-2-1-3-6(9)7(11)12/h5-6H,1-4H2,(H,8,10)(H,11,12). The van der Waals surface area contributed by atoms with E-state index >= 15 is 0 Å². The Kier molecular flexibility index (Phi) is 3.04. The fourth-order valence-electron chi connectivity index (χ4n) is 1.41. The van der Waals surface area contributed by atoms with Crippen LogP contribution in [0.25, 0.3) is 0 Å². The molecule has 1 amide bonds. The Hall–Kier alpha value is -1.10. The van der Waals surface area contributed by atoms with E-state index in [1.54, 1.807) is 0 Å². The van der Waals surface area contributed by atoms with Crippen LogP contribution in [0.4, 0.5) is 0 Å². The molecule has 0 saturated carbocycles. The van der Waals surface area contributed by atoms with E-state index in [1.165, 1.54) is 5.01 Å². The molecule has 0 aromatic heterocycles. The maximum absolute atomic E-state index is 10.6. The molecule has 1 fully saturated rings. The van der Waals surface area contributed by atoms with Crippen LogP contribution in [0.2, 0.25) is 0 Å². The number of carbonyl (C=O) groups is 2. The summed E-state index contributed by atoms with van der Waals surface area (Å²) in [5.41, 5.74) is 2.39. The van der Waals surface area contributed by atoms with Crippen molar-refractivity contribution in [2.75, 3.05) is 6.54 Å². The van der Waals surface area contributed by atoms with Crippen LogP contribution in [0.1, 0.15) is 19.3 Å². The third-order valence-corrected chi connectivity index (χ3v) is 2.01. The van der Waals surface area contributed by atoms with Crippen LogP contribution in [0.5, 0.6) is 0 Å². The Balaban J connectivity index is 2.53. The Labute approximate surface area is 70.3 Å². The number of carboxylic acids is 1. The van der Waals surface area contributed by atoms with Crippen molar-refractivity contribution in [3.63, 3.8) is 0 Å². The van der Waals surface area contributed by atoms with Gasteiger partial charge in [0.25, 0.3) is 0 Å². The SMILES string of the molecule is O=CNN1CCCCC1C(=O)O. The molecule has 1 unspecified atom stereocenters. The van der Waals surface area contributed by atoms with Crippen LogP contribution in [0, 0.1) is 0 Å². The van der Waals surface area contributed by atoms with Gasteiger partial charge < -0.3 is 5.11 Å². The Morgan fingerprint density at radius 3 is 2.92 bits per heavy atom. The minimum Gasteiger partial charge on any atom is -0.480 e. The molecule has 1 heterocycles. The van der Waals surface area contributed by atoms with Crippen molar-refractivity contribution in [3.8, 4) is 0 Å². The summed E-state index contributed by atoms with van der Waals surface area (Å²) in [6, 6.07) is -0.552. The molecule has 0 aromatic rings. The lowest BCUT2D eigenvalue weighted by Gasteiger charge is -2.31. The number of carbonyl (C=O) groups excluding carboxylic acids is 1. The average molecular weight is 172 g/mol. The van der Waals surface area contributed by atoms with E-state index in [0.717, 1.165) is 12.8 Å². The van der Waals surface area contributed by atoms with Gasteiger partial charge in [0.15, 0.2) is 0 Å². The number of hydrazine groups is 1. The van der Waals surface area contributed by atoms with Gasteiger partial charge in [-0.2, -0.15) is 0 Å². The lowest BCUT2D eigenvalue weighted by atomic mass is 10.0. The molecule has 1 rings (SSSR count). The van der Waals surface area contributed by atoms with Gasteiger partial charge in [-0.3, -0.25) is 15.0 Å². The number of hydrogen-bond acceptors (Lipinski definition) is 3. The molecule has 0 aliphatic carbocycles. The molecule has 0 spiro atoms. The van der Waals surface area contributed by atoms with Crippen molar-refractivity contribution < 1.29 is 14.7 Å². The van der Waals surface area contributed by atoms with Crippen molar-refractivity contribution in [1.29, 1.82) is 0 Å². The summed E-state index contributed by atoms with van der Waals surface area (Å²) in [4.78, 5) is 20.7. The summed E-state index contributed by atoms with van der Waals surface area (Å²) in [7, 11) is 0. The molecule has 0 radical (unpaired) electrons. The van der Waals surface area contributed by atoms with Crippen molar-refractivity contribution in [3.05, 3.63) is 0 Å². The van der Waals surface area contributed by atoms with Crippen LogP contribution >= 0.6 is 0 Å². The maximum Gasteiger partial charge on any atom is 0.322 e. The molecule has 5 heteroatoms. The molecule has 1 atom stereocenters. The molecule has 1 aliphatic rings. The predicted octanol–water partition coefficient (Wildman–Crippen LogP) is -0.414. The highest BCUT2D eigenvalue weighted by Crippen LogP contribution is 2.14. The van der Waals surface area contributed by atoms with Gasteiger partial charge in [-0.25, -0.2) is 5.01 Å². The summed E-state index contributed by atoms with van der Waals surface area (Å²) in [6.45, 7) is 0.621. The largest absolute Gasteiger partial charge is 0.480 e. The first-order chi connectivity index (χ1) is 5.75. The average Bonchev–Trinajstić information content (AvgIpc) is 2.05. The molecule has 5 nitrogen and oxygen atoms in total. The molecule has 0 bridgehead atoms. The summed E-state index contributed by atoms with van der Waals surface area (Å²) >= 11 is 0. The molecule has 1 aliphatic heterocycles. The van der Waals surface area contributed by atoms with Gasteiger partial charge in [0.1, 0.15) is 6.04 Å². The monoisotopic (exact) mass is 172 g/mol. The minimum atomic E-state index is -0.871. The second-order valence-corrected chi connectivity index (χ2v) is 2.79. The van der Waals surface area contributed by atoms with Gasteiger partial charge >= 0.3 is 5.97 Å². The molecular weight excluding hydrogens is 160 g/mol. The zero-order valence-corrected chi connectivity index (χ0v) is 6.69. The number of piperidine rings is 1. The van der Waals surface area contributed by atoms with E-state index in [1.807, 2.05) is 0 Å². The van der Waals surface area contributed by atoms with E-state index < -0.39 is 12.0 Å². The van der Waals surface area contributed by atoms with E-state index in [9.17, 15) is 9.59 Å². The number of nitrogens with zero attached hydrogens (tertiary/aromatic N) is 1. The van der Waals surface area contributed by atoms with Crippen LogP contribution in [-0.2, 0) is 9.59 Å². The summed E-state index contributed by atoms with van der Waals surface area (Å²) < 4.78 is 0. The van der Waals surface area contributed by atoms with Crippen molar-refractivity contribution in [1.82, 2.24) is 10.4 Å². The second-order valence-electron chi connectivity index (χ2n) is 2.79. The molecule has 1 saturated heterocycles. The van der Waals surface area contributed by atoms with Gasteiger partial charge in [0.05, 0.1) is 0 Å². The summed E-state index contributed by atoms with van der Waals surface area (Å²) in [5.74, 6) is -0.871. The third kappa shape index (κ3) is 1.94. The molecule has 12 heavy (non-hydrogen) atoms. The Bertz CT molecular complexity index is 183. The molecule has 2 N–H and O–H groups in total. The first-order valence-corrected chi connectivity index (χ1v) is 3.95. The highest BCUT2D eigenvalue weighted by Gasteiger charge is 2.27. The smallest absolute Gasteiger partial charge is 0.322 e. The van der Waals surface area contributed by atoms with Gasteiger partial charge in [-0.15, -0.1) is 0 Å². The van der Waals surface area contributed by atoms with Gasteiger partial charge in [0.2, 0.25) is 6.41 Å². The first kappa shape index (κ1) is 8.99. The van der Waals surface area contributed by atoms with E-state index in [-0.39, 0.29) is 0 Å². The maximum atomic E-state index is 10.6. The number of aliphatic carboxylic acids is 1. The zero-order chi connectivity index (χ0) is 8.97. The van der Waals surface area contributed by atoms with E-state index in [4.69, 9.17) is 5.11 Å². The van der Waals surface area contributed by atoms with E-state index in [0.29, 0.717) is 19.4 Å². The minimum absolute atomic E-state index is 0.515. The number of rotatable bonds is 3. The quantitative estimate of drug-likeness (QED) is 0.567. The Morgan fingerprint density at radius 2 is 2.33 bits per heavy atom. The highest BCUT2D eigenvalue weighted by molar-refractivity contribution is 5.73.